The monoisotopic (exact) mass is 538 g/mol. The summed E-state index contributed by atoms with van der Waals surface area (Å²) in [6.07, 6.45) is 4.05. The van der Waals surface area contributed by atoms with Gasteiger partial charge in [0.15, 0.2) is 0 Å². The van der Waals surface area contributed by atoms with Crippen molar-refractivity contribution in [1.82, 2.24) is 9.88 Å². The number of carbonyl (C=O) groups is 1. The lowest BCUT2D eigenvalue weighted by Gasteiger charge is -2.38. The van der Waals surface area contributed by atoms with Gasteiger partial charge in [-0.1, -0.05) is 23.4 Å². The number of carboxylic acid groups (broad SMARTS) is 1. The summed E-state index contributed by atoms with van der Waals surface area (Å²) in [6, 6.07) is 11.9. The van der Waals surface area contributed by atoms with Crippen LogP contribution in [0.25, 0.3) is 10.9 Å². The Hall–Kier alpha value is -3.18. The molecule has 2 aromatic carbocycles. The predicted molar refractivity (Wildman–Crippen MR) is 146 cm³/mol. The molecule has 0 amide bonds. The average Bonchev–Trinajstić information content (AvgIpc) is 2.92. The highest BCUT2D eigenvalue weighted by Gasteiger charge is 2.30. The molecule has 1 fully saturated rings. The third-order valence-corrected chi connectivity index (χ3v) is 7.60. The molecule has 1 saturated heterocycles. The highest BCUT2D eigenvalue weighted by Crippen LogP contribution is 2.35. The smallest absolute Gasteiger partial charge is 0.303 e. The first-order chi connectivity index (χ1) is 18.3. The summed E-state index contributed by atoms with van der Waals surface area (Å²) in [5, 5.41) is 21.3. The molecule has 3 aromatic rings. The van der Waals surface area contributed by atoms with E-state index in [2.05, 4.69) is 21.7 Å². The maximum Gasteiger partial charge on any atom is 0.303 e. The number of carboxylic acids is 1. The molecular weight excluding hydrogens is 507 g/mol. The van der Waals surface area contributed by atoms with E-state index in [0.29, 0.717) is 36.6 Å². The molecule has 0 radical (unpaired) electrons. The van der Waals surface area contributed by atoms with Gasteiger partial charge < -0.3 is 14.9 Å². The van der Waals surface area contributed by atoms with E-state index in [4.69, 9.17) is 16.3 Å². The zero-order valence-corrected chi connectivity index (χ0v) is 22.1. The maximum absolute atomic E-state index is 13.4. The summed E-state index contributed by atoms with van der Waals surface area (Å²) in [4.78, 5) is 17.9. The van der Waals surface area contributed by atoms with Crippen LogP contribution < -0.4 is 4.74 Å². The number of hydrogen-bond acceptors (Lipinski definition) is 5. The summed E-state index contributed by atoms with van der Waals surface area (Å²) >= 11 is 5.84. The Morgan fingerprint density at radius 2 is 2.08 bits per heavy atom. The number of aliphatic carboxylic acids is 1. The van der Waals surface area contributed by atoms with Crippen molar-refractivity contribution in [1.29, 1.82) is 0 Å². The van der Waals surface area contributed by atoms with E-state index in [1.165, 1.54) is 12.1 Å². The minimum atomic E-state index is -0.800. The van der Waals surface area contributed by atoms with Crippen molar-refractivity contribution < 1.29 is 24.1 Å². The number of methoxy groups -OCH3 is 1. The van der Waals surface area contributed by atoms with Gasteiger partial charge in [0.2, 0.25) is 0 Å². The van der Waals surface area contributed by atoms with Crippen LogP contribution in [-0.4, -0.2) is 52.8 Å². The predicted octanol–water partition coefficient (Wildman–Crippen LogP) is 5.70. The Kier molecular flexibility index (Phi) is 9.57. The molecule has 200 valence electrons. The SMILES string of the molecule is COc1ccc2nccc([C@H](O)CC[C@@H]3CCN(CC#Cc4ccc(F)c(Cl)c4)C[C@H]3CCC(=O)O)c2c1. The van der Waals surface area contributed by atoms with Crippen LogP contribution in [0, 0.1) is 29.5 Å². The molecule has 0 aliphatic carbocycles. The van der Waals surface area contributed by atoms with Crippen LogP contribution in [0.3, 0.4) is 0 Å². The normalized spacial score (nSPS) is 18.5. The summed E-state index contributed by atoms with van der Waals surface area (Å²) in [6.45, 7) is 2.14. The number of nitrogens with zero attached hydrogens (tertiary/aromatic N) is 2. The average molecular weight is 539 g/mol. The molecule has 1 aliphatic heterocycles. The number of fused-ring (bicyclic) bond motifs is 1. The molecule has 4 rings (SSSR count). The third-order valence-electron chi connectivity index (χ3n) is 7.31. The maximum atomic E-state index is 13.4. The number of hydrogen-bond donors (Lipinski definition) is 2. The second kappa shape index (κ2) is 13.1. The first kappa shape index (κ1) is 27.8. The van der Waals surface area contributed by atoms with Crippen molar-refractivity contribution in [3.05, 3.63) is 70.6 Å². The fraction of sp³-hybridized carbons (Fsp3) is 0.400. The van der Waals surface area contributed by atoms with Gasteiger partial charge in [0.25, 0.3) is 0 Å². The van der Waals surface area contributed by atoms with E-state index in [1.54, 1.807) is 19.4 Å². The molecule has 1 aliphatic rings. The van der Waals surface area contributed by atoms with Crippen LogP contribution in [0.4, 0.5) is 4.39 Å². The number of piperidine rings is 1. The van der Waals surface area contributed by atoms with E-state index in [9.17, 15) is 19.4 Å². The zero-order valence-electron chi connectivity index (χ0n) is 21.4. The molecule has 0 unspecified atom stereocenters. The van der Waals surface area contributed by atoms with Gasteiger partial charge in [0.05, 0.1) is 30.3 Å². The number of rotatable bonds is 9. The van der Waals surface area contributed by atoms with E-state index in [0.717, 1.165) is 42.4 Å². The number of likely N-dealkylation sites (tertiary alicyclic amines) is 1. The highest BCUT2D eigenvalue weighted by molar-refractivity contribution is 6.30. The molecule has 3 atom stereocenters. The summed E-state index contributed by atoms with van der Waals surface area (Å²) < 4.78 is 18.7. The number of halogens is 2. The van der Waals surface area contributed by atoms with Gasteiger partial charge >= 0.3 is 5.97 Å². The topological polar surface area (TPSA) is 82.9 Å². The summed E-state index contributed by atoms with van der Waals surface area (Å²) in [5.41, 5.74) is 2.28. The first-order valence-electron chi connectivity index (χ1n) is 12.8. The molecular formula is C30H32ClFN2O4. The van der Waals surface area contributed by atoms with Crippen LogP contribution in [0.15, 0.2) is 48.7 Å². The van der Waals surface area contributed by atoms with Crippen LogP contribution >= 0.6 is 11.6 Å². The Bertz CT molecular complexity index is 1340. The molecule has 2 heterocycles. The van der Waals surface area contributed by atoms with Crippen molar-refractivity contribution in [3.63, 3.8) is 0 Å². The van der Waals surface area contributed by atoms with Crippen LogP contribution in [0.1, 0.15) is 49.3 Å². The molecule has 0 spiro atoms. The summed E-state index contributed by atoms with van der Waals surface area (Å²) in [5.74, 6) is 6.13. The molecule has 8 heteroatoms. The third kappa shape index (κ3) is 7.22. The lowest BCUT2D eigenvalue weighted by atomic mass is 9.79. The standard InChI is InChI=1S/C30H32ClFN2O4/c1-38-23-7-9-28-25(18-23)24(12-14-33-28)29(35)10-5-21-13-16-34(19-22(21)6-11-30(36)37)15-2-3-20-4-8-27(32)26(31)17-20/h4,7-9,12,14,17-18,21-22,29,35H,5-6,10-11,13,15-16,19H2,1H3,(H,36,37)/t21-,22-,29-/m1/s1. The quantitative estimate of drug-likeness (QED) is 0.340. The van der Waals surface area contributed by atoms with Crippen molar-refractivity contribution in [2.75, 3.05) is 26.7 Å². The number of aliphatic hydroxyl groups is 1. The number of aliphatic hydroxyl groups excluding tert-OH is 1. The Morgan fingerprint density at radius 3 is 2.84 bits per heavy atom. The van der Waals surface area contributed by atoms with Crippen molar-refractivity contribution in [2.45, 2.75) is 38.2 Å². The second-order valence-corrected chi connectivity index (χ2v) is 10.2. The molecule has 6 nitrogen and oxygen atoms in total. The van der Waals surface area contributed by atoms with Gasteiger partial charge in [-0.05, 0) is 92.1 Å². The van der Waals surface area contributed by atoms with Crippen LogP contribution in [0.5, 0.6) is 5.75 Å². The lowest BCUT2D eigenvalue weighted by Crippen LogP contribution is -2.41. The van der Waals surface area contributed by atoms with Crippen molar-refractivity contribution >= 4 is 28.5 Å². The van der Waals surface area contributed by atoms with Crippen molar-refractivity contribution in [2.24, 2.45) is 11.8 Å². The number of pyridine rings is 1. The molecule has 38 heavy (non-hydrogen) atoms. The highest BCUT2D eigenvalue weighted by atomic mass is 35.5. The van der Waals surface area contributed by atoms with Crippen molar-refractivity contribution in [3.8, 4) is 17.6 Å². The van der Waals surface area contributed by atoms with E-state index in [1.807, 2.05) is 24.3 Å². The fourth-order valence-corrected chi connectivity index (χ4v) is 5.42. The van der Waals surface area contributed by atoms with Gasteiger partial charge in [-0.3, -0.25) is 14.7 Å². The lowest BCUT2D eigenvalue weighted by molar-refractivity contribution is -0.137. The van der Waals surface area contributed by atoms with E-state index < -0.39 is 17.9 Å². The number of aromatic nitrogens is 1. The minimum absolute atomic E-state index is 0.0486. The fourth-order valence-electron chi connectivity index (χ4n) is 5.23. The molecule has 0 saturated carbocycles. The Balaban J connectivity index is 1.39. The molecule has 1 aromatic heterocycles. The minimum Gasteiger partial charge on any atom is -0.497 e. The van der Waals surface area contributed by atoms with Gasteiger partial charge in [-0.25, -0.2) is 4.39 Å². The van der Waals surface area contributed by atoms with Crippen LogP contribution in [-0.2, 0) is 4.79 Å². The number of benzene rings is 2. The van der Waals surface area contributed by atoms with Gasteiger partial charge in [0, 0.05) is 30.1 Å². The van der Waals surface area contributed by atoms with Gasteiger partial charge in [0.1, 0.15) is 11.6 Å². The van der Waals surface area contributed by atoms with Gasteiger partial charge in [-0.15, -0.1) is 0 Å². The zero-order chi connectivity index (χ0) is 27.1. The Labute approximate surface area is 227 Å². The van der Waals surface area contributed by atoms with Crippen LogP contribution in [0.2, 0.25) is 5.02 Å². The number of ether oxygens (including phenoxy) is 1. The molecule has 2 N–H and O–H groups in total. The first-order valence-corrected chi connectivity index (χ1v) is 13.2. The Morgan fingerprint density at radius 1 is 1.24 bits per heavy atom. The second-order valence-electron chi connectivity index (χ2n) is 9.78. The molecule has 0 bridgehead atoms. The largest absolute Gasteiger partial charge is 0.497 e. The van der Waals surface area contributed by atoms with E-state index in [-0.39, 0.29) is 17.4 Å². The van der Waals surface area contributed by atoms with Gasteiger partial charge in [-0.2, -0.15) is 0 Å². The van der Waals surface area contributed by atoms with E-state index >= 15 is 0 Å². The summed E-state index contributed by atoms with van der Waals surface area (Å²) in [7, 11) is 1.61.